The number of imide groups is 2. The van der Waals surface area contributed by atoms with Crippen LogP contribution in [0.15, 0.2) is 0 Å². The fourth-order valence-electron chi connectivity index (χ4n) is 1.99. The maximum absolute atomic E-state index is 12.1. The van der Waals surface area contributed by atoms with Crippen molar-refractivity contribution >= 4 is 17.8 Å². The molecule has 1 atom stereocenters. The molecule has 0 radical (unpaired) electrons. The van der Waals surface area contributed by atoms with E-state index in [2.05, 4.69) is 5.32 Å². The van der Waals surface area contributed by atoms with Crippen molar-refractivity contribution in [3.05, 3.63) is 0 Å². The molecule has 1 unspecified atom stereocenters. The van der Waals surface area contributed by atoms with Crippen molar-refractivity contribution in [1.29, 1.82) is 0 Å². The van der Waals surface area contributed by atoms with E-state index in [0.29, 0.717) is 5.92 Å². The molecule has 1 rings (SSSR count). The number of hydrogen-bond acceptors (Lipinski definition) is 3. The van der Waals surface area contributed by atoms with Crippen molar-refractivity contribution in [2.75, 3.05) is 0 Å². The van der Waals surface area contributed by atoms with Gasteiger partial charge in [-0.2, -0.15) is 0 Å². The lowest BCUT2D eigenvalue weighted by Gasteiger charge is -2.38. The Morgan fingerprint density at radius 2 is 1.71 bits per heavy atom. The maximum Gasteiger partial charge on any atom is 0.331 e. The summed E-state index contributed by atoms with van der Waals surface area (Å²) in [5, 5.41) is 2.23. The van der Waals surface area contributed by atoms with Gasteiger partial charge in [-0.25, -0.2) is 4.79 Å². The standard InChI is InChI=1S/C12H20N2O3/c1-7(2)6-8(3)14-10(16)12(4,5)9(15)13-11(14)17/h7-8H,6H2,1-5H3,(H,13,15,17). The first-order valence-corrected chi connectivity index (χ1v) is 5.87. The third kappa shape index (κ3) is 2.48. The summed E-state index contributed by atoms with van der Waals surface area (Å²) >= 11 is 0. The highest BCUT2D eigenvalue weighted by Crippen LogP contribution is 2.26. The predicted octanol–water partition coefficient (Wildman–Crippen LogP) is 1.53. The zero-order valence-electron chi connectivity index (χ0n) is 11.0. The molecule has 4 amide bonds. The van der Waals surface area contributed by atoms with Gasteiger partial charge >= 0.3 is 6.03 Å². The molecular formula is C12H20N2O3. The van der Waals surface area contributed by atoms with Crippen molar-refractivity contribution in [1.82, 2.24) is 10.2 Å². The van der Waals surface area contributed by atoms with Crippen molar-refractivity contribution in [3.8, 4) is 0 Å². The zero-order chi connectivity index (χ0) is 13.4. The molecule has 17 heavy (non-hydrogen) atoms. The van der Waals surface area contributed by atoms with Crippen LogP contribution in [0.1, 0.15) is 41.0 Å². The third-order valence-corrected chi connectivity index (χ3v) is 3.01. The van der Waals surface area contributed by atoms with E-state index < -0.39 is 23.3 Å². The number of nitrogens with one attached hydrogen (secondary N) is 1. The van der Waals surface area contributed by atoms with E-state index in [1.165, 1.54) is 18.7 Å². The lowest BCUT2D eigenvalue weighted by molar-refractivity contribution is -0.150. The SMILES string of the molecule is CC(C)CC(C)N1C(=O)NC(=O)C(C)(C)C1=O. The minimum absolute atomic E-state index is 0.199. The molecule has 0 saturated carbocycles. The van der Waals surface area contributed by atoms with Crippen molar-refractivity contribution in [2.45, 2.75) is 47.1 Å². The van der Waals surface area contributed by atoms with E-state index in [0.717, 1.165) is 6.42 Å². The summed E-state index contributed by atoms with van der Waals surface area (Å²) in [5.41, 5.74) is -1.17. The molecule has 5 nitrogen and oxygen atoms in total. The minimum atomic E-state index is -1.17. The van der Waals surface area contributed by atoms with E-state index in [1.54, 1.807) is 0 Å². The molecule has 0 bridgehead atoms. The van der Waals surface area contributed by atoms with E-state index in [1.807, 2.05) is 20.8 Å². The molecule has 5 heteroatoms. The quantitative estimate of drug-likeness (QED) is 0.761. The van der Waals surface area contributed by atoms with Crippen LogP contribution in [-0.4, -0.2) is 28.8 Å². The van der Waals surface area contributed by atoms with Crippen molar-refractivity contribution in [3.63, 3.8) is 0 Å². The monoisotopic (exact) mass is 240 g/mol. The van der Waals surface area contributed by atoms with Crippen LogP contribution in [-0.2, 0) is 9.59 Å². The Morgan fingerprint density at radius 1 is 1.18 bits per heavy atom. The van der Waals surface area contributed by atoms with E-state index in [-0.39, 0.29) is 6.04 Å². The van der Waals surface area contributed by atoms with Crippen LogP contribution >= 0.6 is 0 Å². The molecule has 1 fully saturated rings. The van der Waals surface area contributed by atoms with Gasteiger partial charge < -0.3 is 0 Å². The van der Waals surface area contributed by atoms with Gasteiger partial charge in [0.25, 0.3) is 0 Å². The van der Waals surface area contributed by atoms with Crippen LogP contribution in [0.2, 0.25) is 0 Å². The van der Waals surface area contributed by atoms with Crippen LogP contribution in [0.3, 0.4) is 0 Å². The number of carbonyl (C=O) groups is 3. The molecule has 0 aromatic rings. The van der Waals surface area contributed by atoms with Gasteiger partial charge in [0.1, 0.15) is 5.41 Å². The molecule has 1 N–H and O–H groups in total. The number of rotatable bonds is 3. The Kier molecular flexibility index (Phi) is 3.59. The van der Waals surface area contributed by atoms with Gasteiger partial charge in [-0.3, -0.25) is 19.8 Å². The van der Waals surface area contributed by atoms with Gasteiger partial charge in [-0.15, -0.1) is 0 Å². The molecule has 0 aromatic carbocycles. The number of barbiturate groups is 1. The molecular weight excluding hydrogens is 220 g/mol. The second kappa shape index (κ2) is 4.47. The number of carbonyl (C=O) groups excluding carboxylic acids is 3. The summed E-state index contributed by atoms with van der Waals surface area (Å²) in [6.45, 7) is 8.94. The Morgan fingerprint density at radius 3 is 2.18 bits per heavy atom. The summed E-state index contributed by atoms with van der Waals surface area (Å²) in [6.07, 6.45) is 0.726. The van der Waals surface area contributed by atoms with Gasteiger partial charge in [0.05, 0.1) is 0 Å². The molecule has 1 heterocycles. The fraction of sp³-hybridized carbons (Fsp3) is 0.750. The zero-order valence-corrected chi connectivity index (χ0v) is 11.0. The summed E-state index contributed by atoms with van der Waals surface area (Å²) < 4.78 is 0. The predicted molar refractivity (Wildman–Crippen MR) is 63.1 cm³/mol. The Bertz CT molecular complexity index is 361. The number of nitrogens with zero attached hydrogens (tertiary/aromatic N) is 1. The first kappa shape index (κ1) is 13.7. The van der Waals surface area contributed by atoms with Crippen LogP contribution in [0.5, 0.6) is 0 Å². The van der Waals surface area contributed by atoms with Crippen molar-refractivity contribution < 1.29 is 14.4 Å². The molecule has 0 aliphatic carbocycles. The lowest BCUT2D eigenvalue weighted by Crippen LogP contribution is -2.64. The highest BCUT2D eigenvalue weighted by Gasteiger charge is 2.48. The smallest absolute Gasteiger partial charge is 0.277 e. The maximum atomic E-state index is 12.1. The number of urea groups is 1. The molecule has 0 aromatic heterocycles. The molecule has 1 aliphatic heterocycles. The number of amides is 4. The first-order valence-electron chi connectivity index (χ1n) is 5.87. The third-order valence-electron chi connectivity index (χ3n) is 3.01. The molecule has 0 spiro atoms. The summed E-state index contributed by atoms with van der Waals surface area (Å²) in [7, 11) is 0. The Balaban J connectivity index is 2.95. The molecule has 1 saturated heterocycles. The van der Waals surface area contributed by atoms with Gasteiger partial charge in [-0.1, -0.05) is 13.8 Å². The van der Waals surface area contributed by atoms with Gasteiger partial charge in [-0.05, 0) is 33.1 Å². The Labute approximate surface area is 102 Å². The van der Waals surface area contributed by atoms with Crippen LogP contribution < -0.4 is 5.32 Å². The lowest BCUT2D eigenvalue weighted by atomic mass is 9.87. The van der Waals surface area contributed by atoms with E-state index >= 15 is 0 Å². The van der Waals surface area contributed by atoms with Crippen molar-refractivity contribution in [2.24, 2.45) is 11.3 Å². The number of hydrogen-bond donors (Lipinski definition) is 1. The second-order valence-electron chi connectivity index (χ2n) is 5.54. The topological polar surface area (TPSA) is 66.5 Å². The van der Waals surface area contributed by atoms with Gasteiger partial charge in [0.2, 0.25) is 11.8 Å². The van der Waals surface area contributed by atoms with E-state index in [4.69, 9.17) is 0 Å². The van der Waals surface area contributed by atoms with Crippen LogP contribution in [0.4, 0.5) is 4.79 Å². The average Bonchev–Trinajstić information content (AvgIpc) is 2.14. The molecule has 96 valence electrons. The first-order chi connectivity index (χ1) is 7.67. The summed E-state index contributed by atoms with van der Waals surface area (Å²) in [6, 6.07) is -0.803. The Hall–Kier alpha value is -1.39. The summed E-state index contributed by atoms with van der Waals surface area (Å²) in [5.74, 6) is -0.564. The van der Waals surface area contributed by atoms with Crippen LogP contribution in [0, 0.1) is 11.3 Å². The van der Waals surface area contributed by atoms with E-state index in [9.17, 15) is 14.4 Å². The summed E-state index contributed by atoms with van der Waals surface area (Å²) in [4.78, 5) is 36.5. The van der Waals surface area contributed by atoms with Gasteiger partial charge in [0, 0.05) is 6.04 Å². The molecule has 1 aliphatic rings. The largest absolute Gasteiger partial charge is 0.331 e. The van der Waals surface area contributed by atoms with Gasteiger partial charge in [0.15, 0.2) is 0 Å². The minimum Gasteiger partial charge on any atom is -0.277 e. The second-order valence-corrected chi connectivity index (χ2v) is 5.54. The van der Waals surface area contributed by atoms with Crippen LogP contribution in [0.25, 0.3) is 0 Å². The average molecular weight is 240 g/mol. The highest BCUT2D eigenvalue weighted by atomic mass is 16.2. The fourth-order valence-corrected chi connectivity index (χ4v) is 1.99. The highest BCUT2D eigenvalue weighted by molar-refractivity contribution is 6.18. The normalized spacial score (nSPS) is 21.8.